The molecule has 196 valence electrons. The monoisotopic (exact) mass is 526 g/mol. The van der Waals surface area contributed by atoms with Crippen molar-refractivity contribution in [2.75, 3.05) is 27.8 Å². The van der Waals surface area contributed by atoms with Crippen molar-refractivity contribution < 1.29 is 38.3 Å². The van der Waals surface area contributed by atoms with Crippen molar-refractivity contribution in [3.63, 3.8) is 0 Å². The maximum Gasteiger partial charge on any atom is 0.275 e. The molecule has 10 heteroatoms. The standard InChI is InChI=1S/C29H22N2O8/c1-34-22-9-17-18(10-23(22)35-2)28(32)19-12-31(30-11-15-3-5-20-24(7-15)38-13-36-20)29(33)27(19)26(17)16-4-6-21-25(8-16)39-14-37-21/h3-11,32H,12-14H2,1-2H3/b30-11+. The van der Waals surface area contributed by atoms with Gasteiger partial charge in [0.2, 0.25) is 13.6 Å². The summed E-state index contributed by atoms with van der Waals surface area (Å²) in [6, 6.07) is 14.4. The number of carbonyl (C=O) groups excluding carboxylic acids is 1. The van der Waals surface area contributed by atoms with E-state index in [4.69, 9.17) is 28.4 Å². The van der Waals surface area contributed by atoms with Gasteiger partial charge in [-0.15, -0.1) is 0 Å². The molecule has 0 spiro atoms. The van der Waals surface area contributed by atoms with E-state index in [0.29, 0.717) is 62.0 Å². The number of hydrogen-bond donors (Lipinski definition) is 1. The minimum Gasteiger partial charge on any atom is -0.507 e. The number of methoxy groups -OCH3 is 2. The second kappa shape index (κ2) is 8.73. The molecule has 7 rings (SSSR count). The Labute approximate surface area is 222 Å². The number of rotatable bonds is 5. The molecule has 0 saturated carbocycles. The quantitative estimate of drug-likeness (QED) is 0.374. The molecule has 39 heavy (non-hydrogen) atoms. The lowest BCUT2D eigenvalue weighted by Crippen LogP contribution is -2.18. The van der Waals surface area contributed by atoms with Gasteiger partial charge in [-0.2, -0.15) is 5.10 Å². The predicted octanol–water partition coefficient (Wildman–Crippen LogP) is 4.68. The minimum atomic E-state index is -0.346. The van der Waals surface area contributed by atoms with E-state index in [9.17, 15) is 9.90 Å². The molecule has 4 aromatic carbocycles. The van der Waals surface area contributed by atoms with E-state index in [1.807, 2.05) is 18.2 Å². The smallest absolute Gasteiger partial charge is 0.275 e. The van der Waals surface area contributed by atoms with Crippen LogP contribution in [0, 0.1) is 0 Å². The van der Waals surface area contributed by atoms with Gasteiger partial charge < -0.3 is 33.5 Å². The van der Waals surface area contributed by atoms with Crippen molar-refractivity contribution in [1.82, 2.24) is 5.01 Å². The molecule has 0 aliphatic carbocycles. The topological polar surface area (TPSA) is 108 Å². The Morgan fingerprint density at radius 3 is 2.18 bits per heavy atom. The van der Waals surface area contributed by atoms with Crippen molar-refractivity contribution in [2.45, 2.75) is 6.54 Å². The molecule has 3 heterocycles. The highest BCUT2D eigenvalue weighted by Crippen LogP contribution is 2.49. The number of hydrazone groups is 1. The largest absolute Gasteiger partial charge is 0.507 e. The molecule has 4 aromatic rings. The molecular formula is C29H22N2O8. The maximum absolute atomic E-state index is 13.9. The van der Waals surface area contributed by atoms with Crippen LogP contribution in [0.25, 0.3) is 21.9 Å². The van der Waals surface area contributed by atoms with Gasteiger partial charge in [-0.25, -0.2) is 5.01 Å². The van der Waals surface area contributed by atoms with Crippen molar-refractivity contribution in [2.24, 2.45) is 5.10 Å². The lowest BCUT2D eigenvalue weighted by atomic mass is 9.89. The van der Waals surface area contributed by atoms with Gasteiger partial charge in [0.1, 0.15) is 5.75 Å². The summed E-state index contributed by atoms with van der Waals surface area (Å²) in [5.74, 6) is 3.04. The lowest BCUT2D eigenvalue weighted by Gasteiger charge is -2.17. The van der Waals surface area contributed by atoms with Crippen molar-refractivity contribution in [3.8, 4) is 51.4 Å². The highest BCUT2D eigenvalue weighted by Gasteiger charge is 2.36. The summed E-state index contributed by atoms with van der Waals surface area (Å²) in [5.41, 5.74) is 2.91. The molecule has 3 aliphatic heterocycles. The fourth-order valence-corrected chi connectivity index (χ4v) is 5.16. The molecule has 0 bridgehead atoms. The van der Waals surface area contributed by atoms with Crippen LogP contribution in [-0.4, -0.2) is 50.0 Å². The minimum absolute atomic E-state index is 0.0143. The number of fused-ring (bicyclic) bond motifs is 4. The van der Waals surface area contributed by atoms with Gasteiger partial charge in [0, 0.05) is 16.5 Å². The molecule has 0 radical (unpaired) electrons. The first-order valence-electron chi connectivity index (χ1n) is 12.1. The van der Waals surface area contributed by atoms with Crippen molar-refractivity contribution in [3.05, 3.63) is 65.2 Å². The fourth-order valence-electron chi connectivity index (χ4n) is 5.16. The second-order valence-corrected chi connectivity index (χ2v) is 9.12. The van der Waals surface area contributed by atoms with Crippen LogP contribution in [0.3, 0.4) is 0 Å². The molecule has 0 unspecified atom stereocenters. The van der Waals surface area contributed by atoms with Crippen LogP contribution < -0.4 is 28.4 Å². The average Bonchev–Trinajstić information content (AvgIpc) is 3.70. The molecule has 1 N–H and O–H groups in total. The number of phenols is 1. The summed E-state index contributed by atoms with van der Waals surface area (Å²) in [7, 11) is 3.07. The highest BCUT2D eigenvalue weighted by atomic mass is 16.7. The van der Waals surface area contributed by atoms with Crippen LogP contribution in [0.15, 0.2) is 53.6 Å². The third kappa shape index (κ3) is 3.56. The number of hydrogen-bond acceptors (Lipinski definition) is 9. The van der Waals surface area contributed by atoms with Gasteiger partial charge in [0.15, 0.2) is 34.5 Å². The molecule has 0 saturated heterocycles. The first-order valence-corrected chi connectivity index (χ1v) is 12.1. The van der Waals surface area contributed by atoms with E-state index >= 15 is 0 Å². The van der Waals surface area contributed by atoms with E-state index in [2.05, 4.69) is 5.10 Å². The van der Waals surface area contributed by atoms with Gasteiger partial charge in [0.25, 0.3) is 5.91 Å². The number of benzene rings is 4. The van der Waals surface area contributed by atoms with Crippen LogP contribution in [0.4, 0.5) is 0 Å². The first kappa shape index (κ1) is 23.0. The number of nitrogens with zero attached hydrogens (tertiary/aromatic N) is 2. The third-order valence-electron chi connectivity index (χ3n) is 7.05. The number of ether oxygens (including phenoxy) is 6. The Balaban J connectivity index is 1.39. The van der Waals surface area contributed by atoms with Gasteiger partial charge >= 0.3 is 0 Å². The van der Waals surface area contributed by atoms with E-state index in [-0.39, 0.29) is 31.8 Å². The molecule has 10 nitrogen and oxygen atoms in total. The van der Waals surface area contributed by atoms with Crippen LogP contribution in [0.2, 0.25) is 0 Å². The number of aromatic hydroxyl groups is 1. The molecular weight excluding hydrogens is 504 g/mol. The van der Waals surface area contributed by atoms with E-state index in [0.717, 1.165) is 11.1 Å². The molecule has 0 aromatic heterocycles. The number of amides is 1. The summed E-state index contributed by atoms with van der Waals surface area (Å²) in [6.07, 6.45) is 1.58. The Kier molecular flexibility index (Phi) is 5.15. The average molecular weight is 527 g/mol. The SMILES string of the molecule is COc1cc2c(O)c3c(c(-c4ccc5c(c4)OCO5)c2cc1OC)C(=O)N(/N=C/c1ccc2c(c1)OCO2)C3. The predicted molar refractivity (Wildman–Crippen MR) is 140 cm³/mol. The van der Waals surface area contributed by atoms with E-state index < -0.39 is 0 Å². The normalized spacial score (nSPS) is 14.9. The van der Waals surface area contributed by atoms with Gasteiger partial charge in [-0.05, 0) is 59.0 Å². The zero-order valence-electron chi connectivity index (χ0n) is 21.0. The Morgan fingerprint density at radius 2 is 1.46 bits per heavy atom. The zero-order chi connectivity index (χ0) is 26.7. The summed E-state index contributed by atoms with van der Waals surface area (Å²) in [4.78, 5) is 13.9. The van der Waals surface area contributed by atoms with Crippen LogP contribution >= 0.6 is 0 Å². The Bertz CT molecular complexity index is 1710. The highest BCUT2D eigenvalue weighted by molar-refractivity contribution is 6.15. The van der Waals surface area contributed by atoms with Crippen LogP contribution in [0.1, 0.15) is 21.5 Å². The van der Waals surface area contributed by atoms with Gasteiger partial charge in [-0.3, -0.25) is 4.79 Å². The Morgan fingerprint density at radius 1 is 0.821 bits per heavy atom. The fraction of sp³-hybridized carbons (Fsp3) is 0.172. The maximum atomic E-state index is 13.9. The summed E-state index contributed by atoms with van der Waals surface area (Å²) in [6.45, 7) is 0.378. The van der Waals surface area contributed by atoms with Gasteiger partial charge in [0.05, 0.1) is 32.5 Å². The molecule has 0 atom stereocenters. The molecule has 0 fully saturated rings. The van der Waals surface area contributed by atoms with Gasteiger partial charge in [-0.1, -0.05) is 6.07 Å². The van der Waals surface area contributed by atoms with Crippen LogP contribution in [-0.2, 0) is 6.54 Å². The Hall–Kier alpha value is -5.12. The summed E-state index contributed by atoms with van der Waals surface area (Å²) >= 11 is 0. The summed E-state index contributed by atoms with van der Waals surface area (Å²) < 4.78 is 32.9. The van der Waals surface area contributed by atoms with E-state index in [1.165, 1.54) is 19.2 Å². The van der Waals surface area contributed by atoms with E-state index in [1.54, 1.807) is 36.5 Å². The third-order valence-corrected chi connectivity index (χ3v) is 7.05. The van der Waals surface area contributed by atoms with Crippen LogP contribution in [0.5, 0.6) is 40.2 Å². The molecule has 1 amide bonds. The second-order valence-electron chi connectivity index (χ2n) is 9.12. The van der Waals surface area contributed by atoms with Crippen molar-refractivity contribution >= 4 is 22.9 Å². The number of carbonyl (C=O) groups is 1. The lowest BCUT2D eigenvalue weighted by molar-refractivity contribution is 0.0785. The first-order chi connectivity index (χ1) is 19.1. The van der Waals surface area contributed by atoms with Crippen molar-refractivity contribution in [1.29, 1.82) is 0 Å². The zero-order valence-corrected chi connectivity index (χ0v) is 21.0. The molecule has 3 aliphatic rings. The number of phenolic OH excluding ortho intramolecular Hbond substituents is 1. The summed E-state index contributed by atoms with van der Waals surface area (Å²) in [5, 5.41) is 18.3.